The average Bonchev–Trinajstić information content (AvgIpc) is 2.42. The maximum atomic E-state index is 13.6. The predicted molar refractivity (Wildman–Crippen MR) is 80.0 cm³/mol. The number of hydrogen-bond donors (Lipinski definition) is 1. The highest BCUT2D eigenvalue weighted by Crippen LogP contribution is 2.19. The molecule has 19 heavy (non-hydrogen) atoms. The molecule has 1 aromatic rings. The summed E-state index contributed by atoms with van der Waals surface area (Å²) in [5.41, 5.74) is 1.75. The van der Waals surface area contributed by atoms with Crippen molar-refractivity contribution in [2.45, 2.75) is 39.7 Å². The summed E-state index contributed by atoms with van der Waals surface area (Å²) in [7, 11) is 1.94. The smallest absolute Gasteiger partial charge is 0.126 e. The van der Waals surface area contributed by atoms with Crippen LogP contribution in [0.15, 0.2) is 18.2 Å². The molecule has 0 spiro atoms. The SMILES string of the molecule is CCCN(CC)CCC(NC)c1ccc(C)c(F)c1. The van der Waals surface area contributed by atoms with Crippen molar-refractivity contribution in [2.24, 2.45) is 0 Å². The second kappa shape index (κ2) is 8.28. The molecular formula is C16H27FN2. The van der Waals surface area contributed by atoms with Gasteiger partial charge in [-0.15, -0.1) is 0 Å². The molecule has 0 aromatic heterocycles. The highest BCUT2D eigenvalue weighted by molar-refractivity contribution is 5.25. The third-order valence-corrected chi connectivity index (χ3v) is 3.67. The molecule has 0 radical (unpaired) electrons. The van der Waals surface area contributed by atoms with Gasteiger partial charge in [0.25, 0.3) is 0 Å². The van der Waals surface area contributed by atoms with Gasteiger partial charge >= 0.3 is 0 Å². The van der Waals surface area contributed by atoms with Gasteiger partial charge < -0.3 is 10.2 Å². The van der Waals surface area contributed by atoms with Crippen molar-refractivity contribution >= 4 is 0 Å². The van der Waals surface area contributed by atoms with Crippen LogP contribution in [0.1, 0.15) is 43.9 Å². The first kappa shape index (κ1) is 16.1. The van der Waals surface area contributed by atoms with E-state index in [4.69, 9.17) is 0 Å². The Morgan fingerprint density at radius 3 is 2.53 bits per heavy atom. The van der Waals surface area contributed by atoms with Crippen LogP contribution < -0.4 is 5.32 Å². The standard InChI is InChI=1S/C16H27FN2/c1-5-10-19(6-2)11-9-16(18-4)14-8-7-13(3)15(17)12-14/h7-8,12,16,18H,5-6,9-11H2,1-4H3. The van der Waals surface area contributed by atoms with E-state index in [1.807, 2.05) is 19.2 Å². The van der Waals surface area contributed by atoms with E-state index in [0.717, 1.165) is 31.6 Å². The molecule has 0 heterocycles. The van der Waals surface area contributed by atoms with E-state index < -0.39 is 0 Å². The van der Waals surface area contributed by atoms with E-state index in [-0.39, 0.29) is 11.9 Å². The summed E-state index contributed by atoms with van der Waals surface area (Å²) in [5.74, 6) is -0.112. The van der Waals surface area contributed by atoms with Crippen molar-refractivity contribution in [2.75, 3.05) is 26.7 Å². The van der Waals surface area contributed by atoms with Gasteiger partial charge in [0.15, 0.2) is 0 Å². The highest BCUT2D eigenvalue weighted by atomic mass is 19.1. The topological polar surface area (TPSA) is 15.3 Å². The molecule has 0 aliphatic heterocycles. The summed E-state index contributed by atoms with van der Waals surface area (Å²) in [6, 6.07) is 5.77. The summed E-state index contributed by atoms with van der Waals surface area (Å²) in [6.07, 6.45) is 2.18. The third-order valence-electron chi connectivity index (χ3n) is 3.67. The number of benzene rings is 1. The fourth-order valence-corrected chi connectivity index (χ4v) is 2.36. The zero-order valence-electron chi connectivity index (χ0n) is 12.7. The fourth-order valence-electron chi connectivity index (χ4n) is 2.36. The van der Waals surface area contributed by atoms with Crippen molar-refractivity contribution in [3.8, 4) is 0 Å². The van der Waals surface area contributed by atoms with E-state index in [0.29, 0.717) is 5.56 Å². The van der Waals surface area contributed by atoms with Gasteiger partial charge in [0.1, 0.15) is 5.82 Å². The Bertz CT molecular complexity index is 379. The van der Waals surface area contributed by atoms with Crippen molar-refractivity contribution in [1.82, 2.24) is 10.2 Å². The lowest BCUT2D eigenvalue weighted by molar-refractivity contribution is 0.271. The zero-order valence-corrected chi connectivity index (χ0v) is 12.7. The first-order chi connectivity index (χ1) is 9.12. The van der Waals surface area contributed by atoms with Gasteiger partial charge in [0, 0.05) is 6.04 Å². The average molecular weight is 266 g/mol. The summed E-state index contributed by atoms with van der Waals surface area (Å²) in [6.45, 7) is 9.45. The Hall–Kier alpha value is -0.930. The van der Waals surface area contributed by atoms with Crippen LogP contribution in [-0.2, 0) is 0 Å². The van der Waals surface area contributed by atoms with Gasteiger partial charge in [-0.05, 0) is 63.6 Å². The molecular weight excluding hydrogens is 239 g/mol. The number of nitrogens with one attached hydrogen (secondary N) is 1. The Morgan fingerprint density at radius 1 is 1.26 bits per heavy atom. The Kier molecular flexibility index (Phi) is 7.03. The summed E-state index contributed by atoms with van der Waals surface area (Å²) in [5, 5.41) is 3.29. The van der Waals surface area contributed by atoms with Crippen LogP contribution in [0.5, 0.6) is 0 Å². The second-order valence-electron chi connectivity index (χ2n) is 5.07. The molecule has 0 saturated carbocycles. The van der Waals surface area contributed by atoms with Crippen molar-refractivity contribution < 1.29 is 4.39 Å². The molecule has 2 nitrogen and oxygen atoms in total. The number of aryl methyl sites for hydroxylation is 1. The lowest BCUT2D eigenvalue weighted by Crippen LogP contribution is -2.29. The summed E-state index contributed by atoms with van der Waals surface area (Å²) in [4.78, 5) is 2.44. The van der Waals surface area contributed by atoms with Crippen LogP contribution >= 0.6 is 0 Å². The molecule has 1 rings (SSSR count). The molecule has 1 N–H and O–H groups in total. The lowest BCUT2D eigenvalue weighted by Gasteiger charge is -2.23. The Balaban J connectivity index is 2.64. The molecule has 3 heteroatoms. The largest absolute Gasteiger partial charge is 0.313 e. The van der Waals surface area contributed by atoms with Gasteiger partial charge in [-0.25, -0.2) is 4.39 Å². The molecule has 1 atom stereocenters. The summed E-state index contributed by atoms with van der Waals surface area (Å²) < 4.78 is 13.6. The molecule has 0 aliphatic rings. The molecule has 1 aromatic carbocycles. The van der Waals surface area contributed by atoms with Crippen molar-refractivity contribution in [1.29, 1.82) is 0 Å². The molecule has 0 fully saturated rings. The summed E-state index contributed by atoms with van der Waals surface area (Å²) >= 11 is 0. The van der Waals surface area contributed by atoms with Crippen LogP contribution in [0.25, 0.3) is 0 Å². The normalized spacial score (nSPS) is 12.9. The zero-order chi connectivity index (χ0) is 14.3. The van der Waals surface area contributed by atoms with E-state index in [1.54, 1.807) is 13.0 Å². The molecule has 108 valence electrons. The van der Waals surface area contributed by atoms with Crippen LogP contribution in [-0.4, -0.2) is 31.6 Å². The fraction of sp³-hybridized carbons (Fsp3) is 0.625. The molecule has 0 bridgehead atoms. The number of hydrogen-bond acceptors (Lipinski definition) is 2. The van der Waals surface area contributed by atoms with Crippen LogP contribution in [0.4, 0.5) is 4.39 Å². The van der Waals surface area contributed by atoms with Crippen LogP contribution in [0.3, 0.4) is 0 Å². The van der Waals surface area contributed by atoms with Crippen LogP contribution in [0, 0.1) is 12.7 Å². The third kappa shape index (κ3) is 4.92. The molecule has 0 saturated heterocycles. The number of halogens is 1. The predicted octanol–water partition coefficient (Wildman–Crippen LogP) is 3.52. The van der Waals surface area contributed by atoms with Gasteiger partial charge in [0.2, 0.25) is 0 Å². The number of rotatable bonds is 8. The second-order valence-corrected chi connectivity index (χ2v) is 5.07. The monoisotopic (exact) mass is 266 g/mol. The Morgan fingerprint density at radius 2 is 2.00 bits per heavy atom. The van der Waals surface area contributed by atoms with Gasteiger partial charge in [-0.3, -0.25) is 0 Å². The Labute approximate surface area is 117 Å². The molecule has 1 unspecified atom stereocenters. The number of nitrogens with zero attached hydrogens (tertiary/aromatic N) is 1. The first-order valence-electron chi connectivity index (χ1n) is 7.28. The highest BCUT2D eigenvalue weighted by Gasteiger charge is 2.12. The minimum absolute atomic E-state index is 0.112. The quantitative estimate of drug-likeness (QED) is 0.774. The van der Waals surface area contributed by atoms with E-state index >= 15 is 0 Å². The minimum atomic E-state index is -0.112. The van der Waals surface area contributed by atoms with E-state index in [9.17, 15) is 4.39 Å². The lowest BCUT2D eigenvalue weighted by atomic mass is 10.0. The maximum absolute atomic E-state index is 13.6. The van der Waals surface area contributed by atoms with Gasteiger partial charge in [-0.2, -0.15) is 0 Å². The molecule has 0 amide bonds. The van der Waals surface area contributed by atoms with Crippen molar-refractivity contribution in [3.05, 3.63) is 35.1 Å². The van der Waals surface area contributed by atoms with E-state index in [2.05, 4.69) is 24.1 Å². The molecule has 0 aliphatic carbocycles. The maximum Gasteiger partial charge on any atom is 0.126 e. The van der Waals surface area contributed by atoms with Crippen molar-refractivity contribution in [3.63, 3.8) is 0 Å². The van der Waals surface area contributed by atoms with Gasteiger partial charge in [0.05, 0.1) is 0 Å². The first-order valence-corrected chi connectivity index (χ1v) is 7.28. The van der Waals surface area contributed by atoms with E-state index in [1.165, 1.54) is 6.42 Å². The van der Waals surface area contributed by atoms with Crippen LogP contribution in [0.2, 0.25) is 0 Å². The van der Waals surface area contributed by atoms with Gasteiger partial charge in [-0.1, -0.05) is 26.0 Å². The minimum Gasteiger partial charge on any atom is -0.313 e.